The third-order valence-corrected chi connectivity index (χ3v) is 7.86. The van der Waals surface area contributed by atoms with Crippen LogP contribution < -0.4 is 5.56 Å². The van der Waals surface area contributed by atoms with E-state index in [-0.39, 0.29) is 5.56 Å². The second kappa shape index (κ2) is 10.5. The van der Waals surface area contributed by atoms with Crippen molar-refractivity contribution in [3.8, 4) is 11.3 Å². The normalized spacial score (nSPS) is 15.6. The van der Waals surface area contributed by atoms with Crippen LogP contribution in [0.15, 0.2) is 65.6 Å². The molecule has 0 atom stereocenters. The zero-order valence-electron chi connectivity index (χ0n) is 23.4. The minimum absolute atomic E-state index is 0.0537. The van der Waals surface area contributed by atoms with Crippen molar-refractivity contribution in [2.75, 3.05) is 19.6 Å². The first-order chi connectivity index (χ1) is 18.1. The quantitative estimate of drug-likeness (QED) is 0.301. The first-order valence-corrected chi connectivity index (χ1v) is 13.9. The monoisotopic (exact) mass is 511 g/mol. The van der Waals surface area contributed by atoms with Crippen LogP contribution >= 0.6 is 0 Å². The molecule has 1 fully saturated rings. The van der Waals surface area contributed by atoms with Crippen LogP contribution in [0.25, 0.3) is 22.2 Å². The number of β-amino-alcohol motifs (C(OH)–C–C–N with tert-alkyl or cyclic N) is 1. The van der Waals surface area contributed by atoms with Crippen molar-refractivity contribution in [1.29, 1.82) is 0 Å². The summed E-state index contributed by atoms with van der Waals surface area (Å²) in [5.74, 6) is 0.864. The molecule has 0 aliphatic carbocycles. The van der Waals surface area contributed by atoms with Crippen LogP contribution in [0.5, 0.6) is 0 Å². The molecule has 0 bridgehead atoms. The van der Waals surface area contributed by atoms with Crippen LogP contribution in [-0.2, 0) is 6.54 Å². The van der Waals surface area contributed by atoms with Gasteiger partial charge in [0.1, 0.15) is 0 Å². The van der Waals surface area contributed by atoms with Crippen molar-refractivity contribution in [2.45, 2.75) is 71.4 Å². The number of hydrogen-bond acceptors (Lipinski definition) is 3. The van der Waals surface area contributed by atoms with E-state index in [4.69, 9.17) is 0 Å². The van der Waals surface area contributed by atoms with Crippen LogP contribution in [0, 0.1) is 6.92 Å². The van der Waals surface area contributed by atoms with Crippen molar-refractivity contribution in [3.05, 3.63) is 93.4 Å². The highest BCUT2D eigenvalue weighted by atomic mass is 16.3. The van der Waals surface area contributed by atoms with Gasteiger partial charge in [0.05, 0.1) is 17.8 Å². The molecule has 0 radical (unpaired) electrons. The summed E-state index contributed by atoms with van der Waals surface area (Å²) in [4.78, 5) is 19.1. The van der Waals surface area contributed by atoms with Crippen molar-refractivity contribution < 1.29 is 5.11 Å². The van der Waals surface area contributed by atoms with Crippen LogP contribution in [0.3, 0.4) is 0 Å². The molecule has 0 amide bonds. The number of aryl methyl sites for hydroxylation is 1. The smallest absolute Gasteiger partial charge is 0.253 e. The predicted octanol–water partition coefficient (Wildman–Crippen LogP) is 6.43. The largest absolute Gasteiger partial charge is 0.389 e. The average molecular weight is 512 g/mol. The Kier molecular flexibility index (Phi) is 7.34. The topological polar surface area (TPSA) is 61.3 Å². The number of piperidine rings is 1. The average Bonchev–Trinajstić information content (AvgIpc) is 3.26. The van der Waals surface area contributed by atoms with Gasteiger partial charge in [0.25, 0.3) is 5.56 Å². The van der Waals surface area contributed by atoms with Crippen molar-refractivity contribution in [1.82, 2.24) is 14.5 Å². The molecular weight excluding hydrogens is 470 g/mol. The van der Waals surface area contributed by atoms with Crippen LogP contribution in [0.2, 0.25) is 0 Å². The zero-order chi connectivity index (χ0) is 27.0. The fraction of sp³-hybridized carbons (Fsp3) is 0.424. The Labute approximate surface area is 226 Å². The Hall–Kier alpha value is -3.15. The highest BCUT2D eigenvalue weighted by Gasteiger charge is 2.26. The summed E-state index contributed by atoms with van der Waals surface area (Å²) in [6.45, 7) is 13.5. The third kappa shape index (κ3) is 5.64. The molecule has 3 heterocycles. The molecule has 200 valence electrons. The number of pyridine rings is 1. The molecule has 0 saturated carbocycles. The zero-order valence-corrected chi connectivity index (χ0v) is 23.4. The molecule has 2 aromatic carbocycles. The maximum absolute atomic E-state index is 13.0. The molecule has 2 aromatic heterocycles. The maximum atomic E-state index is 13.0. The number of nitrogens with one attached hydrogen (secondary N) is 1. The third-order valence-electron chi connectivity index (χ3n) is 7.86. The number of hydrogen-bond donors (Lipinski definition) is 2. The van der Waals surface area contributed by atoms with E-state index in [2.05, 4.69) is 54.1 Å². The number of aromatic nitrogens is 2. The van der Waals surface area contributed by atoms with E-state index in [1.165, 1.54) is 16.5 Å². The Morgan fingerprint density at radius 3 is 2.42 bits per heavy atom. The van der Waals surface area contributed by atoms with E-state index in [1.54, 1.807) is 0 Å². The summed E-state index contributed by atoms with van der Waals surface area (Å²) >= 11 is 0. The van der Waals surface area contributed by atoms with Crippen LogP contribution in [0.1, 0.15) is 74.6 Å². The fourth-order valence-electron chi connectivity index (χ4n) is 6.10. The molecule has 2 N–H and O–H groups in total. The summed E-state index contributed by atoms with van der Waals surface area (Å²) in [5.41, 5.74) is 7.29. The van der Waals surface area contributed by atoms with Crippen molar-refractivity contribution >= 4 is 10.9 Å². The van der Waals surface area contributed by atoms with Gasteiger partial charge in [-0.05, 0) is 93.4 Å². The molecular formula is C33H41N3O2. The number of rotatable bonds is 7. The summed E-state index contributed by atoms with van der Waals surface area (Å²) in [6, 6.07) is 19.1. The van der Waals surface area contributed by atoms with Crippen molar-refractivity contribution in [2.24, 2.45) is 0 Å². The molecule has 1 saturated heterocycles. The lowest BCUT2D eigenvalue weighted by atomic mass is 9.87. The highest BCUT2D eigenvalue weighted by Crippen LogP contribution is 2.38. The Bertz CT molecular complexity index is 1470. The molecule has 0 unspecified atom stereocenters. The Balaban J connectivity index is 1.49. The molecule has 0 spiro atoms. The van der Waals surface area contributed by atoms with Gasteiger partial charge in [-0.25, -0.2) is 0 Å². The number of aliphatic hydroxyl groups is 1. The van der Waals surface area contributed by atoms with E-state index < -0.39 is 5.60 Å². The predicted molar refractivity (Wildman–Crippen MR) is 157 cm³/mol. The molecule has 4 aromatic rings. The van der Waals surface area contributed by atoms with Crippen LogP contribution in [-0.4, -0.2) is 44.8 Å². The summed E-state index contributed by atoms with van der Waals surface area (Å²) in [6.07, 6.45) is 4.23. The standard InChI is InChI=1S/C33H41N3O2/c1-22(2)30-28-18-26(25-13-15-35(16-14-25)21-33(4,5)38)11-12-29(28)34-31(30)27-17-23(3)32(37)36(20-27)19-24-9-7-6-8-10-24/h6-12,17-18,20,22,25,34,38H,13-16,19,21H2,1-5H3. The van der Waals surface area contributed by atoms with Gasteiger partial charge < -0.3 is 19.6 Å². The number of nitrogens with zero attached hydrogens (tertiary/aromatic N) is 2. The van der Waals surface area contributed by atoms with E-state index in [1.807, 2.05) is 55.8 Å². The number of fused-ring (bicyclic) bond motifs is 1. The minimum atomic E-state index is -0.651. The summed E-state index contributed by atoms with van der Waals surface area (Å²) < 4.78 is 1.84. The van der Waals surface area contributed by atoms with Gasteiger partial charge in [0.2, 0.25) is 0 Å². The van der Waals surface area contributed by atoms with Gasteiger partial charge in [-0.15, -0.1) is 0 Å². The van der Waals surface area contributed by atoms with E-state index >= 15 is 0 Å². The second-order valence-corrected chi connectivity index (χ2v) is 12.1. The van der Waals surface area contributed by atoms with Gasteiger partial charge in [-0.3, -0.25) is 4.79 Å². The molecule has 1 aliphatic rings. The number of H-pyrrole nitrogens is 1. The lowest BCUT2D eigenvalue weighted by Gasteiger charge is -2.35. The first kappa shape index (κ1) is 26.5. The molecule has 1 aliphatic heterocycles. The first-order valence-electron chi connectivity index (χ1n) is 13.9. The van der Waals surface area contributed by atoms with E-state index in [0.29, 0.717) is 18.4 Å². The summed E-state index contributed by atoms with van der Waals surface area (Å²) in [5, 5.41) is 11.5. The van der Waals surface area contributed by atoms with Crippen molar-refractivity contribution in [3.63, 3.8) is 0 Å². The fourth-order valence-corrected chi connectivity index (χ4v) is 6.10. The van der Waals surface area contributed by atoms with Gasteiger partial charge in [0, 0.05) is 34.8 Å². The highest BCUT2D eigenvalue weighted by molar-refractivity contribution is 5.92. The molecule has 5 nitrogen and oxygen atoms in total. The molecule has 5 heteroatoms. The van der Waals surface area contributed by atoms with E-state index in [9.17, 15) is 9.90 Å². The number of likely N-dealkylation sites (tertiary alicyclic amines) is 1. The minimum Gasteiger partial charge on any atom is -0.389 e. The molecule has 38 heavy (non-hydrogen) atoms. The Morgan fingerprint density at radius 2 is 1.76 bits per heavy atom. The van der Waals surface area contributed by atoms with Gasteiger partial charge in [-0.1, -0.05) is 50.2 Å². The Morgan fingerprint density at radius 1 is 1.05 bits per heavy atom. The SMILES string of the molecule is Cc1cc(-c2[nH]c3ccc(C4CCN(CC(C)(C)O)CC4)cc3c2C(C)C)cn(Cc2ccccc2)c1=O. The van der Waals surface area contributed by atoms with Gasteiger partial charge in [-0.2, -0.15) is 0 Å². The van der Waals surface area contributed by atoms with E-state index in [0.717, 1.165) is 60.4 Å². The second-order valence-electron chi connectivity index (χ2n) is 12.1. The lowest BCUT2D eigenvalue weighted by molar-refractivity contribution is 0.0282. The summed E-state index contributed by atoms with van der Waals surface area (Å²) in [7, 11) is 0. The van der Waals surface area contributed by atoms with Crippen LogP contribution in [0.4, 0.5) is 0 Å². The van der Waals surface area contributed by atoms with Gasteiger partial charge >= 0.3 is 0 Å². The number of aromatic amines is 1. The van der Waals surface area contributed by atoms with Gasteiger partial charge in [0.15, 0.2) is 0 Å². The number of benzene rings is 2. The molecule has 5 rings (SSSR count). The maximum Gasteiger partial charge on any atom is 0.253 e. The lowest BCUT2D eigenvalue weighted by Crippen LogP contribution is -2.42.